The lowest BCUT2D eigenvalue weighted by molar-refractivity contribution is 0.620. The van der Waals surface area contributed by atoms with Gasteiger partial charge >= 0.3 is 0 Å². The minimum absolute atomic E-state index is 0.588. The highest BCUT2D eigenvalue weighted by molar-refractivity contribution is 6.22. The number of hydrogen-bond donors (Lipinski definition) is 0. The van der Waals surface area contributed by atoms with E-state index in [2.05, 4.69) is 131 Å². The maximum atomic E-state index is 6.42. The standard InChI is InChI=1S/C47H29N3O2/c1-3-12-31(13-4-1)47-48-46-41(19-11-21-43(46)52-47)49(34-25-26-36-35-16-8-10-20-42(35)51-44(36)29-34)33-24-22-30-23-27-40-45(38(30)28-33)37-17-7-9-18-39(37)50(40)32-14-5-2-6-15-32/h1-29H. The lowest BCUT2D eigenvalue weighted by atomic mass is 10.0. The van der Waals surface area contributed by atoms with E-state index in [0.717, 1.165) is 61.4 Å². The van der Waals surface area contributed by atoms with E-state index in [0.29, 0.717) is 5.89 Å². The van der Waals surface area contributed by atoms with Gasteiger partial charge in [-0.15, -0.1) is 0 Å². The fraction of sp³-hybridized carbons (Fsp3) is 0. The summed E-state index contributed by atoms with van der Waals surface area (Å²) < 4.78 is 15.2. The van der Waals surface area contributed by atoms with Crippen LogP contribution in [0.3, 0.4) is 0 Å². The predicted octanol–water partition coefficient (Wildman–Crippen LogP) is 13.1. The van der Waals surface area contributed by atoms with E-state index in [9.17, 15) is 0 Å². The Hall–Kier alpha value is -7.11. The second-order valence-corrected chi connectivity index (χ2v) is 13.2. The van der Waals surface area contributed by atoms with Gasteiger partial charge in [-0.2, -0.15) is 0 Å². The van der Waals surface area contributed by atoms with Gasteiger partial charge in [-0.25, -0.2) is 4.98 Å². The molecule has 52 heavy (non-hydrogen) atoms. The van der Waals surface area contributed by atoms with Crippen molar-refractivity contribution in [3.05, 3.63) is 176 Å². The van der Waals surface area contributed by atoms with Crippen molar-refractivity contribution in [1.29, 1.82) is 0 Å². The van der Waals surface area contributed by atoms with Crippen LogP contribution in [-0.2, 0) is 0 Å². The van der Waals surface area contributed by atoms with Crippen molar-refractivity contribution >= 4 is 82.7 Å². The number of anilines is 3. The van der Waals surface area contributed by atoms with Crippen LogP contribution in [0.1, 0.15) is 0 Å². The molecular formula is C47H29N3O2. The van der Waals surface area contributed by atoms with Gasteiger partial charge in [0, 0.05) is 50.2 Å². The van der Waals surface area contributed by atoms with Crippen molar-refractivity contribution < 1.29 is 8.83 Å². The second-order valence-electron chi connectivity index (χ2n) is 13.2. The van der Waals surface area contributed by atoms with E-state index in [1.165, 1.54) is 32.6 Å². The van der Waals surface area contributed by atoms with Gasteiger partial charge in [0.1, 0.15) is 16.7 Å². The first-order valence-electron chi connectivity index (χ1n) is 17.5. The Labute approximate surface area is 298 Å². The second kappa shape index (κ2) is 11.2. The van der Waals surface area contributed by atoms with Crippen molar-refractivity contribution in [3.63, 3.8) is 0 Å². The molecule has 0 amide bonds. The first-order valence-corrected chi connectivity index (χ1v) is 17.5. The Kier molecular flexibility index (Phi) is 6.18. The molecule has 5 nitrogen and oxygen atoms in total. The zero-order valence-corrected chi connectivity index (χ0v) is 27.9. The number of fused-ring (bicyclic) bond motifs is 9. The van der Waals surface area contributed by atoms with Gasteiger partial charge in [-0.05, 0) is 89.6 Å². The first-order chi connectivity index (χ1) is 25.8. The van der Waals surface area contributed by atoms with Gasteiger partial charge in [0.05, 0.1) is 16.7 Å². The fourth-order valence-corrected chi connectivity index (χ4v) is 7.87. The van der Waals surface area contributed by atoms with Crippen LogP contribution in [0.15, 0.2) is 185 Å². The molecule has 0 aliphatic carbocycles. The van der Waals surface area contributed by atoms with E-state index >= 15 is 0 Å². The highest BCUT2D eigenvalue weighted by atomic mass is 16.3. The minimum atomic E-state index is 0.588. The van der Waals surface area contributed by atoms with Gasteiger partial charge in [0.2, 0.25) is 5.89 Å². The molecule has 0 unspecified atom stereocenters. The van der Waals surface area contributed by atoms with Gasteiger partial charge in [0.15, 0.2) is 5.58 Å². The van der Waals surface area contributed by atoms with Crippen molar-refractivity contribution in [2.75, 3.05) is 4.90 Å². The summed E-state index contributed by atoms with van der Waals surface area (Å²) in [6.07, 6.45) is 0. The molecule has 0 radical (unpaired) electrons. The molecule has 0 aliphatic heterocycles. The van der Waals surface area contributed by atoms with Crippen molar-refractivity contribution in [3.8, 4) is 17.1 Å². The van der Waals surface area contributed by atoms with E-state index in [1.54, 1.807) is 0 Å². The smallest absolute Gasteiger partial charge is 0.227 e. The summed E-state index contributed by atoms with van der Waals surface area (Å²) in [5, 5.41) is 6.96. The quantitative estimate of drug-likeness (QED) is 0.183. The number of oxazole rings is 1. The van der Waals surface area contributed by atoms with Crippen molar-refractivity contribution in [2.45, 2.75) is 0 Å². The normalized spacial score (nSPS) is 11.8. The molecule has 0 aliphatic rings. The highest BCUT2D eigenvalue weighted by Crippen LogP contribution is 2.44. The molecule has 0 saturated heterocycles. The lowest BCUT2D eigenvalue weighted by Crippen LogP contribution is -2.10. The summed E-state index contributed by atoms with van der Waals surface area (Å²) in [6.45, 7) is 0. The number of rotatable bonds is 5. The number of para-hydroxylation sites is 4. The fourth-order valence-electron chi connectivity index (χ4n) is 7.87. The molecule has 0 atom stereocenters. The van der Waals surface area contributed by atoms with Gasteiger partial charge < -0.3 is 18.3 Å². The van der Waals surface area contributed by atoms with Crippen LogP contribution in [0.5, 0.6) is 0 Å². The highest BCUT2D eigenvalue weighted by Gasteiger charge is 2.22. The molecule has 5 heteroatoms. The third kappa shape index (κ3) is 4.33. The van der Waals surface area contributed by atoms with E-state index in [4.69, 9.17) is 13.8 Å². The SMILES string of the molecule is c1ccc(-c2nc3c(N(c4ccc5c(c4)oc4ccccc45)c4ccc5ccc6c(c5c4)c4ccccc4n6-c4ccccc4)cccc3o2)cc1. The number of furan rings is 1. The molecule has 0 saturated carbocycles. The van der Waals surface area contributed by atoms with Crippen molar-refractivity contribution in [2.24, 2.45) is 0 Å². The van der Waals surface area contributed by atoms with E-state index in [1.807, 2.05) is 54.6 Å². The lowest BCUT2D eigenvalue weighted by Gasteiger charge is -2.26. The minimum Gasteiger partial charge on any atom is -0.456 e. The van der Waals surface area contributed by atoms with Crippen LogP contribution in [0, 0.1) is 0 Å². The molecule has 3 aromatic heterocycles. The number of nitrogens with zero attached hydrogens (tertiary/aromatic N) is 3. The zero-order valence-electron chi connectivity index (χ0n) is 27.9. The maximum absolute atomic E-state index is 6.42. The average molecular weight is 668 g/mol. The van der Waals surface area contributed by atoms with Crippen molar-refractivity contribution in [1.82, 2.24) is 9.55 Å². The largest absolute Gasteiger partial charge is 0.456 e. The Morgan fingerprint density at radius 1 is 0.462 bits per heavy atom. The topological polar surface area (TPSA) is 47.3 Å². The molecule has 8 aromatic carbocycles. The molecule has 0 spiro atoms. The Balaban J connectivity index is 1.19. The summed E-state index contributed by atoms with van der Waals surface area (Å²) in [5.74, 6) is 0.588. The van der Waals surface area contributed by atoms with Crippen LogP contribution in [0.4, 0.5) is 17.1 Å². The summed E-state index contributed by atoms with van der Waals surface area (Å²) in [4.78, 5) is 7.39. The van der Waals surface area contributed by atoms with Crippen LogP contribution in [0.2, 0.25) is 0 Å². The predicted molar refractivity (Wildman–Crippen MR) is 213 cm³/mol. The van der Waals surface area contributed by atoms with Crippen LogP contribution in [0.25, 0.3) is 82.8 Å². The van der Waals surface area contributed by atoms with E-state index in [-0.39, 0.29) is 0 Å². The van der Waals surface area contributed by atoms with Gasteiger partial charge in [-0.3, -0.25) is 0 Å². The monoisotopic (exact) mass is 667 g/mol. The summed E-state index contributed by atoms with van der Waals surface area (Å²) in [5.41, 5.74) is 10.5. The molecule has 244 valence electrons. The number of hydrogen-bond acceptors (Lipinski definition) is 4. The van der Waals surface area contributed by atoms with Crippen LogP contribution >= 0.6 is 0 Å². The molecule has 0 fully saturated rings. The van der Waals surface area contributed by atoms with Gasteiger partial charge in [-0.1, -0.05) is 91.0 Å². The first kappa shape index (κ1) is 28.7. The summed E-state index contributed by atoms with van der Waals surface area (Å²) in [6, 6.07) is 61.4. The molecule has 3 heterocycles. The molecule has 0 bridgehead atoms. The zero-order chi connectivity index (χ0) is 34.2. The van der Waals surface area contributed by atoms with E-state index < -0.39 is 0 Å². The van der Waals surface area contributed by atoms with Crippen LogP contribution in [-0.4, -0.2) is 9.55 Å². The number of benzene rings is 8. The number of aromatic nitrogens is 2. The summed E-state index contributed by atoms with van der Waals surface area (Å²) in [7, 11) is 0. The third-order valence-corrected chi connectivity index (χ3v) is 10.2. The average Bonchev–Trinajstić information content (AvgIpc) is 3.91. The molecule has 11 rings (SSSR count). The van der Waals surface area contributed by atoms with Crippen LogP contribution < -0.4 is 4.90 Å². The Morgan fingerprint density at radius 2 is 1.15 bits per heavy atom. The Morgan fingerprint density at radius 3 is 2.04 bits per heavy atom. The van der Waals surface area contributed by atoms with Gasteiger partial charge in [0.25, 0.3) is 0 Å². The maximum Gasteiger partial charge on any atom is 0.227 e. The third-order valence-electron chi connectivity index (χ3n) is 10.2. The molecular weight excluding hydrogens is 639 g/mol. The molecule has 11 aromatic rings. The molecule has 0 N–H and O–H groups in total. The Bertz CT molecular complexity index is 3140. The summed E-state index contributed by atoms with van der Waals surface area (Å²) >= 11 is 0.